The third kappa shape index (κ3) is 2.51. The maximum absolute atomic E-state index is 6.05. The average Bonchev–Trinajstić information content (AvgIpc) is 2.79. The van der Waals surface area contributed by atoms with Crippen molar-refractivity contribution in [1.82, 2.24) is 10.3 Å². The molecule has 0 aliphatic carbocycles. The number of benzene rings is 1. The van der Waals surface area contributed by atoms with Crippen LogP contribution in [0.3, 0.4) is 0 Å². The van der Waals surface area contributed by atoms with Gasteiger partial charge in [0.15, 0.2) is 0 Å². The number of hydrogen-bond donors (Lipinski definition) is 1. The molecule has 0 saturated heterocycles. The van der Waals surface area contributed by atoms with E-state index in [0.717, 1.165) is 11.3 Å². The third-order valence-electron chi connectivity index (χ3n) is 2.84. The monoisotopic (exact) mass is 282 g/mol. The second-order valence-corrected chi connectivity index (χ2v) is 5.21. The molecule has 5 heteroatoms. The lowest BCUT2D eigenvalue weighted by molar-refractivity contribution is 0.414. The predicted octanol–water partition coefficient (Wildman–Crippen LogP) is 3.42. The van der Waals surface area contributed by atoms with E-state index in [2.05, 4.69) is 10.3 Å². The summed E-state index contributed by atoms with van der Waals surface area (Å²) in [5, 5.41) is 3.93. The molecule has 0 fully saturated rings. The highest BCUT2D eigenvalue weighted by atomic mass is 35.5. The fourth-order valence-corrected chi connectivity index (χ4v) is 3.03. The summed E-state index contributed by atoms with van der Waals surface area (Å²) in [7, 11) is 3.56. The molecule has 1 unspecified atom stereocenters. The topological polar surface area (TPSA) is 34.1 Å². The van der Waals surface area contributed by atoms with Crippen molar-refractivity contribution in [2.75, 3.05) is 14.2 Å². The number of thiazole rings is 1. The van der Waals surface area contributed by atoms with E-state index in [1.54, 1.807) is 18.4 Å². The van der Waals surface area contributed by atoms with Gasteiger partial charge in [0.25, 0.3) is 0 Å². The van der Waals surface area contributed by atoms with Crippen molar-refractivity contribution in [1.29, 1.82) is 0 Å². The van der Waals surface area contributed by atoms with E-state index < -0.39 is 0 Å². The lowest BCUT2D eigenvalue weighted by Crippen LogP contribution is -2.17. The van der Waals surface area contributed by atoms with Gasteiger partial charge in [-0.25, -0.2) is 4.98 Å². The van der Waals surface area contributed by atoms with Crippen LogP contribution in [0.1, 0.15) is 22.2 Å². The van der Waals surface area contributed by atoms with Crippen molar-refractivity contribution in [3.8, 4) is 5.75 Å². The fourth-order valence-electron chi connectivity index (χ4n) is 1.89. The van der Waals surface area contributed by atoms with Crippen LogP contribution in [-0.2, 0) is 0 Å². The Morgan fingerprint density at radius 1 is 1.44 bits per heavy atom. The molecule has 3 nitrogen and oxygen atoms in total. The van der Waals surface area contributed by atoms with Crippen molar-refractivity contribution in [2.24, 2.45) is 0 Å². The number of ether oxygens (including phenoxy) is 1. The molecule has 2 aromatic rings. The number of methoxy groups -OCH3 is 1. The molecule has 2 rings (SSSR count). The van der Waals surface area contributed by atoms with Crippen LogP contribution in [0.2, 0.25) is 5.02 Å². The number of rotatable bonds is 4. The lowest BCUT2D eigenvalue weighted by atomic mass is 10.0. The van der Waals surface area contributed by atoms with E-state index in [-0.39, 0.29) is 6.04 Å². The van der Waals surface area contributed by atoms with Gasteiger partial charge in [0.2, 0.25) is 0 Å². The molecular formula is C13H15ClN2OS. The molecule has 0 aliphatic rings. The van der Waals surface area contributed by atoms with E-state index in [4.69, 9.17) is 16.3 Å². The van der Waals surface area contributed by atoms with E-state index in [1.165, 1.54) is 4.88 Å². The molecule has 1 aromatic heterocycles. The van der Waals surface area contributed by atoms with Crippen LogP contribution in [0.15, 0.2) is 23.7 Å². The van der Waals surface area contributed by atoms with Crippen LogP contribution >= 0.6 is 22.9 Å². The predicted molar refractivity (Wildman–Crippen MR) is 75.8 cm³/mol. The van der Waals surface area contributed by atoms with Gasteiger partial charge in [-0.15, -0.1) is 11.3 Å². The minimum Gasteiger partial charge on any atom is -0.495 e. The highest BCUT2D eigenvalue weighted by Gasteiger charge is 2.17. The molecule has 1 heterocycles. The highest BCUT2D eigenvalue weighted by molar-refractivity contribution is 7.09. The number of nitrogens with zero attached hydrogens (tertiary/aromatic N) is 1. The van der Waals surface area contributed by atoms with Gasteiger partial charge in [-0.05, 0) is 31.7 Å². The standard InChI is InChI=1S/C13H15ClN2OS/c1-8-13(18-7-16-8)12(15-2)9-4-5-10(14)11(6-9)17-3/h4-7,12,15H,1-3H3. The third-order valence-corrected chi connectivity index (χ3v) is 4.15. The summed E-state index contributed by atoms with van der Waals surface area (Å²) >= 11 is 7.69. The largest absolute Gasteiger partial charge is 0.495 e. The minimum atomic E-state index is 0.115. The molecule has 0 radical (unpaired) electrons. The average molecular weight is 283 g/mol. The van der Waals surface area contributed by atoms with Gasteiger partial charge in [0.1, 0.15) is 5.75 Å². The Balaban J connectivity index is 2.42. The Bertz CT molecular complexity index is 542. The van der Waals surface area contributed by atoms with Crippen molar-refractivity contribution in [2.45, 2.75) is 13.0 Å². The van der Waals surface area contributed by atoms with Crippen LogP contribution < -0.4 is 10.1 Å². The van der Waals surface area contributed by atoms with E-state index >= 15 is 0 Å². The van der Waals surface area contributed by atoms with Crippen LogP contribution in [0.4, 0.5) is 0 Å². The van der Waals surface area contributed by atoms with Gasteiger partial charge in [0.05, 0.1) is 29.4 Å². The van der Waals surface area contributed by atoms with Crippen LogP contribution in [0.5, 0.6) is 5.75 Å². The van der Waals surface area contributed by atoms with Crippen molar-refractivity contribution >= 4 is 22.9 Å². The molecule has 1 aromatic carbocycles. The summed E-state index contributed by atoms with van der Waals surface area (Å²) in [5.74, 6) is 0.691. The Labute approximate surface area is 116 Å². The van der Waals surface area contributed by atoms with Gasteiger partial charge in [-0.3, -0.25) is 0 Å². The zero-order valence-corrected chi connectivity index (χ0v) is 12.1. The first-order chi connectivity index (χ1) is 8.67. The van der Waals surface area contributed by atoms with Crippen molar-refractivity contribution in [3.63, 3.8) is 0 Å². The molecule has 0 spiro atoms. The van der Waals surface area contributed by atoms with Gasteiger partial charge < -0.3 is 10.1 Å². The van der Waals surface area contributed by atoms with Crippen molar-refractivity contribution in [3.05, 3.63) is 44.9 Å². The normalized spacial score (nSPS) is 12.4. The van der Waals surface area contributed by atoms with E-state index in [0.29, 0.717) is 10.8 Å². The SMILES string of the molecule is CNC(c1ccc(Cl)c(OC)c1)c1scnc1C. The second-order valence-electron chi connectivity index (χ2n) is 3.92. The van der Waals surface area contributed by atoms with Crippen LogP contribution in [-0.4, -0.2) is 19.1 Å². The minimum absolute atomic E-state index is 0.115. The Kier molecular flexibility index (Phi) is 4.22. The molecule has 0 saturated carbocycles. The Morgan fingerprint density at radius 3 is 2.78 bits per heavy atom. The zero-order valence-electron chi connectivity index (χ0n) is 10.5. The number of halogens is 1. The highest BCUT2D eigenvalue weighted by Crippen LogP contribution is 2.32. The first kappa shape index (κ1) is 13.3. The lowest BCUT2D eigenvalue weighted by Gasteiger charge is -2.17. The maximum atomic E-state index is 6.05. The number of hydrogen-bond acceptors (Lipinski definition) is 4. The molecule has 1 atom stereocenters. The number of aromatic nitrogens is 1. The smallest absolute Gasteiger partial charge is 0.137 e. The summed E-state index contributed by atoms with van der Waals surface area (Å²) < 4.78 is 5.26. The molecule has 18 heavy (non-hydrogen) atoms. The molecule has 96 valence electrons. The summed E-state index contributed by atoms with van der Waals surface area (Å²) in [6.07, 6.45) is 0. The summed E-state index contributed by atoms with van der Waals surface area (Å²) in [5.41, 5.74) is 4.03. The van der Waals surface area contributed by atoms with E-state index in [1.807, 2.05) is 37.7 Å². The van der Waals surface area contributed by atoms with E-state index in [9.17, 15) is 0 Å². The van der Waals surface area contributed by atoms with Crippen LogP contribution in [0.25, 0.3) is 0 Å². The fraction of sp³-hybridized carbons (Fsp3) is 0.308. The summed E-state index contributed by atoms with van der Waals surface area (Å²) in [4.78, 5) is 5.50. The molecular weight excluding hydrogens is 268 g/mol. The summed E-state index contributed by atoms with van der Waals surface area (Å²) in [6.45, 7) is 2.02. The molecule has 0 aliphatic heterocycles. The van der Waals surface area contributed by atoms with Gasteiger partial charge in [-0.1, -0.05) is 17.7 Å². The quantitative estimate of drug-likeness (QED) is 0.933. The van der Waals surface area contributed by atoms with Gasteiger partial charge >= 0.3 is 0 Å². The van der Waals surface area contributed by atoms with Gasteiger partial charge in [0, 0.05) is 4.88 Å². The number of nitrogens with one attached hydrogen (secondary N) is 1. The molecule has 0 amide bonds. The summed E-state index contributed by atoms with van der Waals surface area (Å²) in [6, 6.07) is 5.94. The van der Waals surface area contributed by atoms with Gasteiger partial charge in [-0.2, -0.15) is 0 Å². The Hall–Kier alpha value is -1.10. The second kappa shape index (κ2) is 5.69. The number of aryl methyl sites for hydroxylation is 1. The molecule has 1 N–H and O–H groups in total. The Morgan fingerprint density at radius 2 is 2.22 bits per heavy atom. The first-order valence-corrected chi connectivity index (χ1v) is 6.83. The van der Waals surface area contributed by atoms with Crippen LogP contribution in [0, 0.1) is 6.92 Å². The maximum Gasteiger partial charge on any atom is 0.137 e. The van der Waals surface area contributed by atoms with Crippen molar-refractivity contribution < 1.29 is 4.74 Å². The first-order valence-electron chi connectivity index (χ1n) is 5.58. The zero-order chi connectivity index (χ0) is 13.1. The molecule has 0 bridgehead atoms.